The van der Waals surface area contributed by atoms with Crippen LogP contribution in [0, 0.1) is 6.92 Å². The summed E-state index contributed by atoms with van der Waals surface area (Å²) in [5, 5.41) is 4.35. The summed E-state index contributed by atoms with van der Waals surface area (Å²) in [4.78, 5) is 13.5. The highest BCUT2D eigenvalue weighted by atomic mass is 16.1. The molecule has 1 aromatic rings. The zero-order valence-corrected chi connectivity index (χ0v) is 10.8. The van der Waals surface area contributed by atoms with Crippen molar-refractivity contribution in [1.29, 1.82) is 0 Å². The highest BCUT2D eigenvalue weighted by Gasteiger charge is 2.19. The molecule has 0 spiro atoms. The first kappa shape index (κ1) is 12.1. The minimum absolute atomic E-state index is 0.757. The lowest BCUT2D eigenvalue weighted by atomic mass is 10.1. The molecular formula is C13H21N3O. The van der Waals surface area contributed by atoms with E-state index in [0.29, 0.717) is 0 Å². The van der Waals surface area contributed by atoms with E-state index >= 15 is 0 Å². The Hall–Kier alpha value is -1.32. The van der Waals surface area contributed by atoms with Gasteiger partial charge in [0, 0.05) is 20.1 Å². The minimum atomic E-state index is 0.757. The second-order valence-electron chi connectivity index (χ2n) is 4.82. The van der Waals surface area contributed by atoms with E-state index in [0.717, 1.165) is 36.5 Å². The molecule has 94 valence electrons. The van der Waals surface area contributed by atoms with Gasteiger partial charge in [-0.2, -0.15) is 5.10 Å². The van der Waals surface area contributed by atoms with Crippen molar-refractivity contribution in [2.45, 2.75) is 39.0 Å². The summed E-state index contributed by atoms with van der Waals surface area (Å²) in [5.74, 6) is 0.999. The standard InChI is InChI=1S/C13H21N3O/c1-11-12(10-17)13(15(2)14-11)16-8-6-4-3-5-7-9-16/h10H,3-9H2,1-2H3. The van der Waals surface area contributed by atoms with Gasteiger partial charge in [-0.15, -0.1) is 0 Å². The molecule has 2 rings (SSSR count). The fourth-order valence-electron chi connectivity index (χ4n) is 2.63. The highest BCUT2D eigenvalue weighted by Crippen LogP contribution is 2.24. The molecule has 0 aromatic carbocycles. The molecule has 1 fully saturated rings. The van der Waals surface area contributed by atoms with Gasteiger partial charge in [0.1, 0.15) is 5.82 Å². The van der Waals surface area contributed by atoms with Crippen molar-refractivity contribution in [3.63, 3.8) is 0 Å². The zero-order valence-electron chi connectivity index (χ0n) is 10.8. The first-order valence-corrected chi connectivity index (χ1v) is 6.47. The molecule has 1 aromatic heterocycles. The molecule has 4 heteroatoms. The van der Waals surface area contributed by atoms with Gasteiger partial charge in [-0.1, -0.05) is 19.3 Å². The van der Waals surface area contributed by atoms with E-state index in [1.807, 2.05) is 18.7 Å². The van der Waals surface area contributed by atoms with Gasteiger partial charge < -0.3 is 4.90 Å². The zero-order chi connectivity index (χ0) is 12.3. The van der Waals surface area contributed by atoms with Gasteiger partial charge in [-0.3, -0.25) is 9.48 Å². The Labute approximate surface area is 103 Å². The van der Waals surface area contributed by atoms with E-state index in [4.69, 9.17) is 0 Å². The number of hydrogen-bond donors (Lipinski definition) is 0. The molecule has 0 aliphatic carbocycles. The number of hydrogen-bond acceptors (Lipinski definition) is 3. The van der Waals surface area contributed by atoms with Crippen molar-refractivity contribution in [1.82, 2.24) is 9.78 Å². The van der Waals surface area contributed by atoms with Crippen LogP contribution in [0.2, 0.25) is 0 Å². The maximum atomic E-state index is 11.2. The molecule has 0 bridgehead atoms. The number of nitrogens with zero attached hydrogens (tertiary/aromatic N) is 3. The summed E-state index contributed by atoms with van der Waals surface area (Å²) in [5.41, 5.74) is 1.59. The van der Waals surface area contributed by atoms with Crippen molar-refractivity contribution in [3.8, 4) is 0 Å². The van der Waals surface area contributed by atoms with Crippen LogP contribution in [0.15, 0.2) is 0 Å². The van der Waals surface area contributed by atoms with Crippen LogP contribution in [-0.4, -0.2) is 29.2 Å². The number of carbonyl (C=O) groups is 1. The third-order valence-corrected chi connectivity index (χ3v) is 3.51. The lowest BCUT2D eigenvalue weighted by Crippen LogP contribution is -2.29. The van der Waals surface area contributed by atoms with Gasteiger partial charge in [-0.05, 0) is 19.8 Å². The van der Waals surface area contributed by atoms with E-state index in [1.165, 1.54) is 32.1 Å². The maximum Gasteiger partial charge on any atom is 0.155 e. The van der Waals surface area contributed by atoms with Gasteiger partial charge in [0.25, 0.3) is 0 Å². The van der Waals surface area contributed by atoms with Crippen LogP contribution in [0.25, 0.3) is 0 Å². The molecule has 1 saturated heterocycles. The van der Waals surface area contributed by atoms with Crippen LogP contribution < -0.4 is 4.90 Å². The van der Waals surface area contributed by atoms with Gasteiger partial charge in [0.2, 0.25) is 0 Å². The van der Waals surface area contributed by atoms with E-state index in [1.54, 1.807) is 0 Å². The summed E-state index contributed by atoms with van der Waals surface area (Å²) < 4.78 is 1.85. The third-order valence-electron chi connectivity index (χ3n) is 3.51. The van der Waals surface area contributed by atoms with Crippen molar-refractivity contribution in [2.75, 3.05) is 18.0 Å². The Balaban J connectivity index is 2.27. The quantitative estimate of drug-likeness (QED) is 0.738. The van der Waals surface area contributed by atoms with Crippen LogP contribution in [0.5, 0.6) is 0 Å². The Bertz CT molecular complexity index is 390. The van der Waals surface area contributed by atoms with Crippen molar-refractivity contribution in [2.24, 2.45) is 7.05 Å². The van der Waals surface area contributed by atoms with Crippen molar-refractivity contribution >= 4 is 12.1 Å². The van der Waals surface area contributed by atoms with Gasteiger partial charge >= 0.3 is 0 Å². The number of aryl methyl sites for hydroxylation is 2. The Morgan fingerprint density at radius 2 is 1.71 bits per heavy atom. The molecule has 0 saturated carbocycles. The van der Waals surface area contributed by atoms with E-state index in [2.05, 4.69) is 10.00 Å². The number of aldehydes is 1. The predicted molar refractivity (Wildman–Crippen MR) is 68.6 cm³/mol. The molecule has 4 nitrogen and oxygen atoms in total. The van der Waals surface area contributed by atoms with Crippen molar-refractivity contribution < 1.29 is 4.79 Å². The predicted octanol–water partition coefficient (Wildman–Crippen LogP) is 2.31. The van der Waals surface area contributed by atoms with E-state index in [-0.39, 0.29) is 0 Å². The Morgan fingerprint density at radius 3 is 2.29 bits per heavy atom. The molecule has 2 heterocycles. The van der Waals surface area contributed by atoms with Crippen LogP contribution >= 0.6 is 0 Å². The SMILES string of the molecule is Cc1nn(C)c(N2CCCCCCC2)c1C=O. The average molecular weight is 235 g/mol. The second-order valence-corrected chi connectivity index (χ2v) is 4.82. The van der Waals surface area contributed by atoms with Crippen LogP contribution in [0.4, 0.5) is 5.82 Å². The molecule has 0 radical (unpaired) electrons. The summed E-state index contributed by atoms with van der Waals surface area (Å²) in [6.45, 7) is 3.98. The van der Waals surface area contributed by atoms with Crippen molar-refractivity contribution in [3.05, 3.63) is 11.3 Å². The number of aromatic nitrogens is 2. The fraction of sp³-hybridized carbons (Fsp3) is 0.692. The number of carbonyl (C=O) groups excluding carboxylic acids is 1. The molecule has 0 atom stereocenters. The monoisotopic (exact) mass is 235 g/mol. The number of anilines is 1. The fourth-order valence-corrected chi connectivity index (χ4v) is 2.63. The smallest absolute Gasteiger partial charge is 0.155 e. The lowest BCUT2D eigenvalue weighted by Gasteiger charge is -2.27. The summed E-state index contributed by atoms with van der Waals surface area (Å²) in [7, 11) is 1.92. The molecular weight excluding hydrogens is 214 g/mol. The van der Waals surface area contributed by atoms with Gasteiger partial charge in [0.15, 0.2) is 6.29 Å². The Kier molecular flexibility index (Phi) is 3.82. The average Bonchev–Trinajstić information content (AvgIpc) is 2.53. The molecule has 0 N–H and O–H groups in total. The topological polar surface area (TPSA) is 38.1 Å². The number of rotatable bonds is 2. The molecule has 0 unspecified atom stereocenters. The summed E-state index contributed by atoms with van der Waals surface area (Å²) in [6.07, 6.45) is 7.30. The van der Waals surface area contributed by atoms with E-state index < -0.39 is 0 Å². The normalized spacial score (nSPS) is 17.6. The van der Waals surface area contributed by atoms with E-state index in [9.17, 15) is 4.79 Å². The van der Waals surface area contributed by atoms with Crippen LogP contribution in [0.3, 0.4) is 0 Å². The van der Waals surface area contributed by atoms with Gasteiger partial charge in [-0.25, -0.2) is 0 Å². The lowest BCUT2D eigenvalue weighted by molar-refractivity contribution is 0.112. The molecule has 1 aliphatic heterocycles. The Morgan fingerprint density at radius 1 is 1.12 bits per heavy atom. The second kappa shape index (κ2) is 5.34. The first-order chi connectivity index (χ1) is 8.24. The molecule has 0 amide bonds. The largest absolute Gasteiger partial charge is 0.356 e. The third kappa shape index (κ3) is 2.51. The minimum Gasteiger partial charge on any atom is -0.356 e. The van der Waals surface area contributed by atoms with Crippen LogP contribution in [0.1, 0.15) is 48.2 Å². The summed E-state index contributed by atoms with van der Waals surface area (Å²) >= 11 is 0. The highest BCUT2D eigenvalue weighted by molar-refractivity contribution is 5.84. The molecule has 17 heavy (non-hydrogen) atoms. The first-order valence-electron chi connectivity index (χ1n) is 6.47. The maximum absolute atomic E-state index is 11.2. The van der Waals surface area contributed by atoms with Crippen LogP contribution in [-0.2, 0) is 7.05 Å². The summed E-state index contributed by atoms with van der Waals surface area (Å²) in [6, 6.07) is 0. The van der Waals surface area contributed by atoms with Gasteiger partial charge in [0.05, 0.1) is 11.3 Å². The molecule has 1 aliphatic rings.